The Morgan fingerprint density at radius 1 is 1.21 bits per heavy atom. The number of nitrogens with one attached hydrogen (secondary N) is 1. The quantitative estimate of drug-likeness (QED) is 0.665. The molecule has 28 heavy (non-hydrogen) atoms. The molecule has 2 aromatic carbocycles. The lowest BCUT2D eigenvalue weighted by atomic mass is 9.89. The number of aryl methyl sites for hydroxylation is 1. The fourth-order valence-electron chi connectivity index (χ4n) is 4.24. The summed E-state index contributed by atoms with van der Waals surface area (Å²) in [6.45, 7) is 4.09. The van der Waals surface area contributed by atoms with Crippen molar-refractivity contribution in [2.24, 2.45) is 0 Å². The van der Waals surface area contributed by atoms with E-state index >= 15 is 0 Å². The van der Waals surface area contributed by atoms with Crippen molar-refractivity contribution >= 4 is 52.1 Å². The lowest BCUT2D eigenvalue weighted by molar-refractivity contribution is 0.0977. The Balaban J connectivity index is 1.62. The van der Waals surface area contributed by atoms with Crippen LogP contribution in [0.2, 0.25) is 10.0 Å². The van der Waals surface area contributed by atoms with Crippen LogP contribution in [0.5, 0.6) is 0 Å². The number of carbonyl (C=O) groups excluding carboxylic acids is 1. The number of piperidine rings is 1. The molecule has 4 rings (SSSR count). The van der Waals surface area contributed by atoms with Gasteiger partial charge < -0.3 is 9.80 Å². The number of nitrogens with zero attached hydrogens (tertiary/aromatic N) is 2. The topological polar surface area (TPSA) is 35.6 Å². The van der Waals surface area contributed by atoms with Crippen LogP contribution in [0.3, 0.4) is 0 Å². The number of hydrogen-bond donors (Lipinski definition) is 1. The van der Waals surface area contributed by atoms with E-state index in [-0.39, 0.29) is 11.9 Å². The second kappa shape index (κ2) is 7.64. The molecule has 7 heteroatoms. The van der Waals surface area contributed by atoms with Crippen LogP contribution < -0.4 is 10.2 Å². The Bertz CT molecular complexity index is 965. The summed E-state index contributed by atoms with van der Waals surface area (Å²) in [4.78, 5) is 17.2. The monoisotopic (exact) mass is 433 g/mol. The number of likely N-dealkylation sites (tertiary alicyclic amines) is 1. The number of hydrogen-bond acceptors (Lipinski definition) is 3. The lowest BCUT2D eigenvalue weighted by Gasteiger charge is -2.37. The molecular formula is C21H21Cl2N3OS. The summed E-state index contributed by atoms with van der Waals surface area (Å²) >= 11 is 17.8. The average Bonchev–Trinajstić information content (AvgIpc) is 2.94. The van der Waals surface area contributed by atoms with Gasteiger partial charge in [-0.3, -0.25) is 10.1 Å². The van der Waals surface area contributed by atoms with Gasteiger partial charge in [0.2, 0.25) is 0 Å². The molecule has 2 aliphatic rings. The average molecular weight is 434 g/mol. The number of amides is 1. The van der Waals surface area contributed by atoms with E-state index in [1.807, 2.05) is 0 Å². The number of fused-ring (bicyclic) bond motifs is 3. The SMILES string of the molecule is Cc1ccc2c(c1)[C@@H]1CN(C)CC[C@H]1N2C(=S)NC(=O)c1ccc(Cl)cc1Cl. The highest BCUT2D eigenvalue weighted by Crippen LogP contribution is 2.45. The van der Waals surface area contributed by atoms with Crippen molar-refractivity contribution in [3.63, 3.8) is 0 Å². The van der Waals surface area contributed by atoms with Gasteiger partial charge in [-0.05, 0) is 69.0 Å². The number of thiocarbonyl (C=S) groups is 1. The highest BCUT2D eigenvalue weighted by Gasteiger charge is 2.43. The van der Waals surface area contributed by atoms with Crippen LogP contribution in [0.15, 0.2) is 36.4 Å². The van der Waals surface area contributed by atoms with Crippen LogP contribution in [0, 0.1) is 6.92 Å². The maximum atomic E-state index is 12.8. The molecule has 4 nitrogen and oxygen atoms in total. The largest absolute Gasteiger partial charge is 0.315 e. The molecule has 2 aliphatic heterocycles. The van der Waals surface area contributed by atoms with E-state index in [0.29, 0.717) is 26.6 Å². The molecule has 2 aromatic rings. The summed E-state index contributed by atoms with van der Waals surface area (Å²) in [5.41, 5.74) is 3.98. The van der Waals surface area contributed by atoms with Crippen molar-refractivity contribution in [1.82, 2.24) is 10.2 Å². The van der Waals surface area contributed by atoms with Crippen LogP contribution in [0.1, 0.15) is 33.8 Å². The van der Waals surface area contributed by atoms with Gasteiger partial charge in [0, 0.05) is 29.2 Å². The van der Waals surface area contributed by atoms with Crippen LogP contribution in [-0.4, -0.2) is 42.1 Å². The van der Waals surface area contributed by atoms with E-state index in [0.717, 1.165) is 25.2 Å². The second-order valence-electron chi connectivity index (χ2n) is 7.54. The van der Waals surface area contributed by atoms with E-state index in [9.17, 15) is 4.79 Å². The molecule has 146 valence electrons. The van der Waals surface area contributed by atoms with E-state index in [4.69, 9.17) is 35.4 Å². The van der Waals surface area contributed by atoms with Crippen LogP contribution in [0.25, 0.3) is 0 Å². The summed E-state index contributed by atoms with van der Waals surface area (Å²) in [5, 5.41) is 4.09. The Morgan fingerprint density at radius 2 is 2.00 bits per heavy atom. The maximum absolute atomic E-state index is 12.8. The number of benzene rings is 2. The smallest absolute Gasteiger partial charge is 0.258 e. The van der Waals surface area contributed by atoms with Crippen molar-refractivity contribution in [3.8, 4) is 0 Å². The molecule has 0 unspecified atom stereocenters. The highest BCUT2D eigenvalue weighted by molar-refractivity contribution is 7.80. The zero-order chi connectivity index (χ0) is 20.0. The maximum Gasteiger partial charge on any atom is 0.258 e. The minimum Gasteiger partial charge on any atom is -0.315 e. The van der Waals surface area contributed by atoms with E-state index in [2.05, 4.69) is 47.3 Å². The molecule has 1 saturated heterocycles. The van der Waals surface area contributed by atoms with Crippen molar-refractivity contribution in [2.75, 3.05) is 25.0 Å². The molecule has 0 bridgehead atoms. The third-order valence-corrected chi connectivity index (χ3v) is 6.41. The Morgan fingerprint density at radius 3 is 2.75 bits per heavy atom. The summed E-state index contributed by atoms with van der Waals surface area (Å²) in [5.74, 6) is 0.0549. The van der Waals surface area contributed by atoms with E-state index < -0.39 is 0 Å². The molecule has 0 saturated carbocycles. The first-order valence-electron chi connectivity index (χ1n) is 9.24. The van der Waals surface area contributed by atoms with Gasteiger partial charge in [0.1, 0.15) is 0 Å². The zero-order valence-corrected chi connectivity index (χ0v) is 18.0. The van der Waals surface area contributed by atoms with Gasteiger partial charge in [-0.15, -0.1) is 0 Å². The normalized spacial score (nSPS) is 21.2. The first-order chi connectivity index (χ1) is 13.3. The third-order valence-electron chi connectivity index (χ3n) is 5.57. The fraction of sp³-hybridized carbons (Fsp3) is 0.333. The van der Waals surface area contributed by atoms with Crippen molar-refractivity contribution < 1.29 is 4.79 Å². The van der Waals surface area contributed by atoms with Gasteiger partial charge in [-0.2, -0.15) is 0 Å². The number of carbonyl (C=O) groups is 1. The molecule has 0 radical (unpaired) electrons. The molecule has 1 fully saturated rings. The Hall–Kier alpha value is -1.66. The van der Waals surface area contributed by atoms with Gasteiger partial charge in [-0.25, -0.2) is 0 Å². The highest BCUT2D eigenvalue weighted by atomic mass is 35.5. The second-order valence-corrected chi connectivity index (χ2v) is 8.77. The van der Waals surface area contributed by atoms with Gasteiger partial charge in [-0.1, -0.05) is 40.9 Å². The molecule has 2 heterocycles. The third kappa shape index (κ3) is 3.52. The summed E-state index contributed by atoms with van der Waals surface area (Å²) in [6.07, 6.45) is 0.993. The van der Waals surface area contributed by atoms with Crippen molar-refractivity contribution in [3.05, 3.63) is 63.1 Å². The number of rotatable bonds is 1. The van der Waals surface area contributed by atoms with Gasteiger partial charge in [0.05, 0.1) is 10.6 Å². The fourth-order valence-corrected chi connectivity index (χ4v) is 5.07. The predicted octanol–water partition coefficient (Wildman–Crippen LogP) is 4.62. The summed E-state index contributed by atoms with van der Waals surface area (Å²) < 4.78 is 0. The standard InChI is InChI=1S/C21H21Cl2N3OS/c1-12-3-6-18-15(9-12)16-11-25(2)8-7-19(16)26(18)21(28)24-20(27)14-5-4-13(22)10-17(14)23/h3-6,9-10,16,19H,7-8,11H2,1-2H3,(H,24,27,28)/t16-,19+/m0/s1. The van der Waals surface area contributed by atoms with Gasteiger partial charge in [0.15, 0.2) is 5.11 Å². The number of likely N-dealkylation sites (N-methyl/N-ethyl adjacent to an activating group) is 1. The van der Waals surface area contributed by atoms with E-state index in [1.165, 1.54) is 11.1 Å². The molecule has 1 N–H and O–H groups in total. The number of anilines is 1. The van der Waals surface area contributed by atoms with Crippen molar-refractivity contribution in [2.45, 2.75) is 25.3 Å². The van der Waals surface area contributed by atoms with Gasteiger partial charge >= 0.3 is 0 Å². The minimum absolute atomic E-state index is 0.251. The number of halogens is 2. The first kappa shape index (κ1) is 19.6. The minimum atomic E-state index is -0.322. The lowest BCUT2D eigenvalue weighted by Crippen LogP contribution is -2.51. The molecule has 0 spiro atoms. The molecular weight excluding hydrogens is 413 g/mol. The van der Waals surface area contributed by atoms with Crippen LogP contribution in [-0.2, 0) is 0 Å². The zero-order valence-electron chi connectivity index (χ0n) is 15.7. The molecule has 1 amide bonds. The predicted molar refractivity (Wildman–Crippen MR) is 119 cm³/mol. The Labute approximate surface area is 180 Å². The summed E-state index contributed by atoms with van der Waals surface area (Å²) in [7, 11) is 2.15. The first-order valence-corrected chi connectivity index (χ1v) is 10.4. The van der Waals surface area contributed by atoms with Gasteiger partial charge in [0.25, 0.3) is 5.91 Å². The van der Waals surface area contributed by atoms with E-state index in [1.54, 1.807) is 18.2 Å². The molecule has 0 aliphatic carbocycles. The molecule has 2 atom stereocenters. The van der Waals surface area contributed by atoms with Crippen LogP contribution in [0.4, 0.5) is 5.69 Å². The summed E-state index contributed by atoms with van der Waals surface area (Å²) in [6, 6.07) is 11.5. The van der Waals surface area contributed by atoms with Crippen LogP contribution >= 0.6 is 35.4 Å². The Kier molecular flexibility index (Phi) is 5.36. The molecule has 0 aromatic heterocycles. The van der Waals surface area contributed by atoms with Crippen molar-refractivity contribution in [1.29, 1.82) is 0 Å².